The van der Waals surface area contributed by atoms with Crippen molar-refractivity contribution in [2.45, 2.75) is 19.0 Å². The molecule has 2 aliphatic rings. The zero-order valence-electron chi connectivity index (χ0n) is 10.9. The SMILES string of the molecule is FC(F)(F)c1ccc(N2CCCN3CCCN=C32)nc1. The second-order valence-corrected chi connectivity index (χ2v) is 4.93. The van der Waals surface area contributed by atoms with Gasteiger partial charge in [-0.2, -0.15) is 13.2 Å². The van der Waals surface area contributed by atoms with Gasteiger partial charge in [0.1, 0.15) is 5.82 Å². The molecular weight excluding hydrogens is 269 g/mol. The number of aromatic nitrogens is 1. The van der Waals surface area contributed by atoms with Gasteiger partial charge < -0.3 is 4.90 Å². The number of fused-ring (bicyclic) bond motifs is 1. The predicted molar refractivity (Wildman–Crippen MR) is 69.7 cm³/mol. The summed E-state index contributed by atoms with van der Waals surface area (Å²) in [4.78, 5) is 12.5. The highest BCUT2D eigenvalue weighted by molar-refractivity contribution is 5.96. The highest BCUT2D eigenvalue weighted by Crippen LogP contribution is 2.30. The Morgan fingerprint density at radius 3 is 2.55 bits per heavy atom. The quantitative estimate of drug-likeness (QED) is 0.793. The minimum absolute atomic E-state index is 0.531. The average molecular weight is 284 g/mol. The number of hydrogen-bond donors (Lipinski definition) is 0. The van der Waals surface area contributed by atoms with E-state index < -0.39 is 11.7 Å². The fourth-order valence-electron chi connectivity index (χ4n) is 2.56. The maximum Gasteiger partial charge on any atom is 0.417 e. The number of rotatable bonds is 1. The van der Waals surface area contributed by atoms with E-state index in [0.29, 0.717) is 5.82 Å². The van der Waals surface area contributed by atoms with Crippen LogP contribution in [0.4, 0.5) is 19.0 Å². The summed E-state index contributed by atoms with van der Waals surface area (Å²) in [5.41, 5.74) is -0.722. The standard InChI is InChI=1S/C13H15F3N4/c14-13(15,16)10-3-4-11(18-9-10)20-8-2-7-19-6-1-5-17-12(19)20/h3-4,9H,1-2,5-8H2. The van der Waals surface area contributed by atoms with Crippen LogP contribution in [-0.4, -0.2) is 42.0 Å². The second-order valence-electron chi connectivity index (χ2n) is 4.93. The number of halogens is 3. The Hall–Kier alpha value is -1.79. The van der Waals surface area contributed by atoms with E-state index in [9.17, 15) is 13.2 Å². The fourth-order valence-corrected chi connectivity index (χ4v) is 2.56. The molecule has 3 heterocycles. The molecular formula is C13H15F3N4. The molecule has 0 saturated carbocycles. The first kappa shape index (κ1) is 13.2. The Balaban J connectivity index is 1.86. The van der Waals surface area contributed by atoms with Gasteiger partial charge in [0.05, 0.1) is 5.56 Å². The van der Waals surface area contributed by atoms with Crippen molar-refractivity contribution in [2.75, 3.05) is 31.1 Å². The molecule has 1 aromatic rings. The molecule has 7 heteroatoms. The Bertz CT molecular complexity index is 509. The zero-order chi connectivity index (χ0) is 14.2. The molecule has 0 spiro atoms. The first-order chi connectivity index (χ1) is 9.55. The van der Waals surface area contributed by atoms with Crippen LogP contribution in [0.5, 0.6) is 0 Å². The second kappa shape index (κ2) is 4.96. The molecule has 1 saturated heterocycles. The maximum absolute atomic E-state index is 12.5. The van der Waals surface area contributed by atoms with Gasteiger partial charge in [-0.3, -0.25) is 9.89 Å². The summed E-state index contributed by atoms with van der Waals surface area (Å²) in [5, 5.41) is 0. The van der Waals surface area contributed by atoms with Crippen molar-refractivity contribution < 1.29 is 13.2 Å². The van der Waals surface area contributed by atoms with Crippen LogP contribution in [0.3, 0.4) is 0 Å². The van der Waals surface area contributed by atoms with Gasteiger partial charge in [0, 0.05) is 32.4 Å². The maximum atomic E-state index is 12.5. The summed E-state index contributed by atoms with van der Waals surface area (Å²) in [7, 11) is 0. The molecule has 3 rings (SSSR count). The third kappa shape index (κ3) is 2.44. The van der Waals surface area contributed by atoms with Gasteiger partial charge in [0.2, 0.25) is 5.96 Å². The van der Waals surface area contributed by atoms with E-state index in [4.69, 9.17) is 0 Å². The molecule has 2 aliphatic heterocycles. The molecule has 4 nitrogen and oxygen atoms in total. The van der Waals surface area contributed by atoms with Gasteiger partial charge in [-0.05, 0) is 25.0 Å². The molecule has 108 valence electrons. The van der Waals surface area contributed by atoms with E-state index in [1.807, 2.05) is 4.90 Å². The molecule has 0 radical (unpaired) electrons. The normalized spacial score (nSPS) is 19.6. The summed E-state index contributed by atoms with van der Waals surface area (Å²) in [6.45, 7) is 3.42. The molecule has 1 fully saturated rings. The summed E-state index contributed by atoms with van der Waals surface area (Å²) in [6, 6.07) is 2.49. The predicted octanol–water partition coefficient (Wildman–Crippen LogP) is 2.37. The monoisotopic (exact) mass is 284 g/mol. The zero-order valence-corrected chi connectivity index (χ0v) is 10.9. The Labute approximate surface area is 114 Å². The average Bonchev–Trinajstić information content (AvgIpc) is 2.46. The van der Waals surface area contributed by atoms with Gasteiger partial charge in [-0.15, -0.1) is 0 Å². The lowest BCUT2D eigenvalue weighted by Gasteiger charge is -2.40. The first-order valence-electron chi connectivity index (χ1n) is 6.66. The Kier molecular flexibility index (Phi) is 3.27. The lowest BCUT2D eigenvalue weighted by molar-refractivity contribution is -0.137. The fraction of sp³-hybridized carbons (Fsp3) is 0.538. The van der Waals surface area contributed by atoms with Crippen LogP contribution in [0.1, 0.15) is 18.4 Å². The van der Waals surface area contributed by atoms with Crippen LogP contribution in [-0.2, 0) is 6.18 Å². The van der Waals surface area contributed by atoms with E-state index in [1.54, 1.807) is 0 Å². The van der Waals surface area contributed by atoms with Crippen molar-refractivity contribution in [1.29, 1.82) is 0 Å². The molecule has 0 bridgehead atoms. The largest absolute Gasteiger partial charge is 0.417 e. The third-order valence-corrected chi connectivity index (χ3v) is 3.53. The van der Waals surface area contributed by atoms with Gasteiger partial charge in [-0.25, -0.2) is 4.98 Å². The number of pyridine rings is 1. The number of aliphatic imine (C=N–C) groups is 1. The van der Waals surface area contributed by atoms with Gasteiger partial charge in [0.25, 0.3) is 0 Å². The first-order valence-corrected chi connectivity index (χ1v) is 6.66. The number of hydrogen-bond acceptors (Lipinski definition) is 4. The number of nitrogens with zero attached hydrogens (tertiary/aromatic N) is 4. The summed E-state index contributed by atoms with van der Waals surface area (Å²) >= 11 is 0. The Morgan fingerprint density at radius 2 is 1.85 bits per heavy atom. The van der Waals surface area contributed by atoms with Gasteiger partial charge >= 0.3 is 6.18 Å². The minimum atomic E-state index is -4.35. The number of alkyl halides is 3. The van der Waals surface area contributed by atoms with Crippen LogP contribution in [0.15, 0.2) is 23.3 Å². The van der Waals surface area contributed by atoms with Crippen molar-refractivity contribution in [2.24, 2.45) is 4.99 Å². The molecule has 0 N–H and O–H groups in total. The van der Waals surface area contributed by atoms with Crippen LogP contribution in [0.25, 0.3) is 0 Å². The molecule has 0 aromatic carbocycles. The summed E-state index contributed by atoms with van der Waals surface area (Å²) < 4.78 is 37.6. The smallest absolute Gasteiger partial charge is 0.342 e. The molecule has 0 atom stereocenters. The van der Waals surface area contributed by atoms with Crippen molar-refractivity contribution in [1.82, 2.24) is 9.88 Å². The van der Waals surface area contributed by atoms with E-state index in [0.717, 1.165) is 57.2 Å². The lowest BCUT2D eigenvalue weighted by Crippen LogP contribution is -2.52. The summed E-state index contributed by atoms with van der Waals surface area (Å²) in [6.07, 6.45) is -1.47. The lowest BCUT2D eigenvalue weighted by atomic mass is 10.2. The van der Waals surface area contributed by atoms with Crippen LogP contribution >= 0.6 is 0 Å². The van der Waals surface area contributed by atoms with E-state index >= 15 is 0 Å². The van der Waals surface area contributed by atoms with Crippen LogP contribution in [0, 0.1) is 0 Å². The number of anilines is 1. The van der Waals surface area contributed by atoms with E-state index in [1.165, 1.54) is 6.07 Å². The van der Waals surface area contributed by atoms with Gasteiger partial charge in [-0.1, -0.05) is 0 Å². The minimum Gasteiger partial charge on any atom is -0.342 e. The van der Waals surface area contributed by atoms with E-state index in [-0.39, 0.29) is 0 Å². The van der Waals surface area contributed by atoms with Crippen molar-refractivity contribution >= 4 is 11.8 Å². The highest BCUT2D eigenvalue weighted by atomic mass is 19.4. The van der Waals surface area contributed by atoms with Crippen molar-refractivity contribution in [3.63, 3.8) is 0 Å². The molecule has 0 unspecified atom stereocenters. The van der Waals surface area contributed by atoms with Crippen molar-refractivity contribution in [3.8, 4) is 0 Å². The van der Waals surface area contributed by atoms with E-state index in [2.05, 4.69) is 14.9 Å². The van der Waals surface area contributed by atoms with Gasteiger partial charge in [0.15, 0.2) is 0 Å². The molecule has 20 heavy (non-hydrogen) atoms. The van der Waals surface area contributed by atoms with Crippen molar-refractivity contribution in [3.05, 3.63) is 23.9 Å². The molecule has 0 amide bonds. The highest BCUT2D eigenvalue weighted by Gasteiger charge is 2.32. The molecule has 0 aliphatic carbocycles. The van der Waals surface area contributed by atoms with Crippen LogP contribution < -0.4 is 4.90 Å². The topological polar surface area (TPSA) is 31.7 Å². The molecule has 1 aromatic heterocycles. The Morgan fingerprint density at radius 1 is 1.05 bits per heavy atom. The number of guanidine groups is 1. The van der Waals surface area contributed by atoms with Crippen LogP contribution in [0.2, 0.25) is 0 Å². The third-order valence-electron chi connectivity index (χ3n) is 3.53. The summed E-state index contributed by atoms with van der Waals surface area (Å²) in [5.74, 6) is 1.37.